The molecule has 4 nitrogen and oxygen atoms in total. The van der Waals surface area contributed by atoms with Gasteiger partial charge in [0.2, 0.25) is 0 Å². The first-order chi connectivity index (χ1) is 6.77. The van der Waals surface area contributed by atoms with E-state index in [1.54, 1.807) is 19.2 Å². The van der Waals surface area contributed by atoms with Crippen molar-refractivity contribution in [2.45, 2.75) is 6.54 Å². The van der Waals surface area contributed by atoms with Gasteiger partial charge in [-0.3, -0.25) is 0 Å². The van der Waals surface area contributed by atoms with Crippen LogP contribution in [0.2, 0.25) is 0 Å². The van der Waals surface area contributed by atoms with E-state index in [9.17, 15) is 4.79 Å². The molecule has 1 rings (SSSR count). The van der Waals surface area contributed by atoms with Crippen molar-refractivity contribution in [3.63, 3.8) is 0 Å². The van der Waals surface area contributed by atoms with E-state index >= 15 is 0 Å². The van der Waals surface area contributed by atoms with Crippen molar-refractivity contribution in [2.75, 3.05) is 7.05 Å². The summed E-state index contributed by atoms with van der Waals surface area (Å²) in [5.41, 5.74) is 1.40. The number of amides is 2. The van der Waals surface area contributed by atoms with Crippen LogP contribution in [0.25, 0.3) is 4.85 Å². The van der Waals surface area contributed by atoms with E-state index in [0.29, 0.717) is 12.2 Å². The maximum Gasteiger partial charge on any atom is 0.314 e. The summed E-state index contributed by atoms with van der Waals surface area (Å²) in [5.74, 6) is 0. The van der Waals surface area contributed by atoms with Gasteiger partial charge in [-0.2, -0.15) is 0 Å². The van der Waals surface area contributed by atoms with Crippen LogP contribution >= 0.6 is 0 Å². The van der Waals surface area contributed by atoms with Gasteiger partial charge in [-0.05, 0) is 5.56 Å². The van der Waals surface area contributed by atoms with Crippen LogP contribution in [-0.4, -0.2) is 13.1 Å². The van der Waals surface area contributed by atoms with Crippen molar-refractivity contribution in [2.24, 2.45) is 0 Å². The second-order valence-electron chi connectivity index (χ2n) is 2.67. The zero-order valence-electron chi connectivity index (χ0n) is 7.87. The molecule has 0 saturated heterocycles. The number of carbonyl (C=O) groups is 1. The molecule has 1 aromatic rings. The second kappa shape index (κ2) is 4.87. The molecule has 72 valence electrons. The topological polar surface area (TPSA) is 45.5 Å². The Morgan fingerprint density at radius 2 is 2.21 bits per heavy atom. The standard InChI is InChI=1S/C10H11N3O/c1-11-9-6-4-3-5-8(9)7-13-10(14)12-2/h3-6H,7H2,2H3,(H2,12,13,14). The lowest BCUT2D eigenvalue weighted by Gasteiger charge is -2.05. The molecule has 0 atom stereocenters. The summed E-state index contributed by atoms with van der Waals surface area (Å²) in [7, 11) is 1.55. The van der Waals surface area contributed by atoms with Gasteiger partial charge in [0.1, 0.15) is 0 Å². The third-order valence-electron chi connectivity index (χ3n) is 1.78. The largest absolute Gasteiger partial charge is 0.341 e. The highest BCUT2D eigenvalue weighted by Gasteiger charge is 2.01. The van der Waals surface area contributed by atoms with E-state index in [2.05, 4.69) is 15.5 Å². The van der Waals surface area contributed by atoms with E-state index < -0.39 is 0 Å². The number of rotatable bonds is 2. The molecule has 4 heteroatoms. The smallest absolute Gasteiger partial charge is 0.314 e. The number of nitrogens with one attached hydrogen (secondary N) is 2. The predicted molar refractivity (Wildman–Crippen MR) is 54.0 cm³/mol. The minimum absolute atomic E-state index is 0.246. The van der Waals surface area contributed by atoms with Gasteiger partial charge in [0.25, 0.3) is 0 Å². The van der Waals surface area contributed by atoms with E-state index in [1.807, 2.05) is 12.1 Å². The molecule has 1 aromatic carbocycles. The van der Waals surface area contributed by atoms with E-state index in [0.717, 1.165) is 5.56 Å². The maximum absolute atomic E-state index is 10.9. The van der Waals surface area contributed by atoms with Gasteiger partial charge in [-0.15, -0.1) is 0 Å². The highest BCUT2D eigenvalue weighted by atomic mass is 16.2. The zero-order chi connectivity index (χ0) is 10.4. The molecule has 0 bridgehead atoms. The molecule has 0 aliphatic rings. The SMILES string of the molecule is [C-]#[N+]c1ccccc1CNC(=O)NC. The van der Waals surface area contributed by atoms with E-state index in [4.69, 9.17) is 6.57 Å². The Hall–Kier alpha value is -2.02. The Bertz CT molecular complexity index is 368. The minimum Gasteiger partial charge on any atom is -0.341 e. The highest BCUT2D eigenvalue weighted by Crippen LogP contribution is 2.17. The molecule has 0 aliphatic carbocycles. The third kappa shape index (κ3) is 2.49. The van der Waals surface area contributed by atoms with Crippen molar-refractivity contribution in [1.82, 2.24) is 10.6 Å². The highest BCUT2D eigenvalue weighted by molar-refractivity contribution is 5.73. The van der Waals surface area contributed by atoms with Gasteiger partial charge in [-0.1, -0.05) is 24.3 Å². The number of urea groups is 1. The average Bonchev–Trinajstić information content (AvgIpc) is 2.26. The number of nitrogens with zero attached hydrogens (tertiary/aromatic N) is 1. The lowest BCUT2D eigenvalue weighted by molar-refractivity contribution is 0.242. The number of hydrogen-bond donors (Lipinski definition) is 2. The summed E-state index contributed by atoms with van der Waals surface area (Å²) in [6, 6.07) is 6.95. The molecule has 0 radical (unpaired) electrons. The van der Waals surface area contributed by atoms with Gasteiger partial charge in [0, 0.05) is 13.6 Å². The lowest BCUT2D eigenvalue weighted by Crippen LogP contribution is -2.32. The van der Waals surface area contributed by atoms with Gasteiger partial charge < -0.3 is 10.6 Å². The van der Waals surface area contributed by atoms with Crippen LogP contribution < -0.4 is 10.6 Å². The van der Waals surface area contributed by atoms with Crippen LogP contribution in [0, 0.1) is 6.57 Å². The monoisotopic (exact) mass is 189 g/mol. The Morgan fingerprint density at radius 1 is 1.50 bits per heavy atom. The zero-order valence-corrected chi connectivity index (χ0v) is 7.87. The average molecular weight is 189 g/mol. The van der Waals surface area contributed by atoms with E-state index in [-0.39, 0.29) is 6.03 Å². The van der Waals surface area contributed by atoms with Gasteiger partial charge >= 0.3 is 6.03 Å². The summed E-state index contributed by atoms with van der Waals surface area (Å²) in [5, 5.41) is 5.08. The van der Waals surface area contributed by atoms with Crippen LogP contribution in [0.5, 0.6) is 0 Å². The summed E-state index contributed by atoms with van der Waals surface area (Å²) in [6.07, 6.45) is 0. The Kier molecular flexibility index (Phi) is 3.50. The summed E-state index contributed by atoms with van der Waals surface area (Å²) < 4.78 is 0. The molecule has 0 aliphatic heterocycles. The fourth-order valence-electron chi connectivity index (χ4n) is 1.03. The Labute approximate surface area is 82.8 Å². The molecule has 14 heavy (non-hydrogen) atoms. The molecule has 0 spiro atoms. The summed E-state index contributed by atoms with van der Waals surface area (Å²) >= 11 is 0. The molecule has 2 N–H and O–H groups in total. The predicted octanol–water partition coefficient (Wildman–Crippen LogP) is 1.67. The van der Waals surface area contributed by atoms with Gasteiger partial charge in [-0.25, -0.2) is 9.64 Å². The normalized spacial score (nSPS) is 8.86. The minimum atomic E-state index is -0.246. The summed E-state index contributed by atoms with van der Waals surface area (Å²) in [6.45, 7) is 7.29. The third-order valence-corrected chi connectivity index (χ3v) is 1.78. The first-order valence-corrected chi connectivity index (χ1v) is 4.19. The molecular weight excluding hydrogens is 178 g/mol. The Balaban J connectivity index is 2.68. The van der Waals surface area contributed by atoms with Crippen LogP contribution in [0.3, 0.4) is 0 Å². The Morgan fingerprint density at radius 3 is 2.86 bits per heavy atom. The fourth-order valence-corrected chi connectivity index (χ4v) is 1.03. The van der Waals surface area contributed by atoms with Crippen molar-refractivity contribution >= 4 is 11.7 Å². The molecule has 0 fully saturated rings. The molecular formula is C10H11N3O. The van der Waals surface area contributed by atoms with Gasteiger partial charge in [0.05, 0.1) is 6.57 Å². The molecule has 0 heterocycles. The lowest BCUT2D eigenvalue weighted by atomic mass is 10.2. The van der Waals surface area contributed by atoms with Crippen LogP contribution in [0.15, 0.2) is 24.3 Å². The van der Waals surface area contributed by atoms with Crippen molar-refractivity contribution in [1.29, 1.82) is 0 Å². The molecule has 0 aromatic heterocycles. The van der Waals surface area contributed by atoms with Crippen LogP contribution in [0.1, 0.15) is 5.56 Å². The number of para-hydroxylation sites is 1. The first kappa shape index (κ1) is 10.1. The van der Waals surface area contributed by atoms with Crippen LogP contribution in [-0.2, 0) is 6.54 Å². The number of carbonyl (C=O) groups excluding carboxylic acids is 1. The maximum atomic E-state index is 10.9. The van der Waals surface area contributed by atoms with Crippen molar-refractivity contribution in [3.05, 3.63) is 41.2 Å². The molecule has 0 unspecified atom stereocenters. The van der Waals surface area contributed by atoms with Gasteiger partial charge in [0.15, 0.2) is 5.69 Å². The molecule has 2 amide bonds. The fraction of sp³-hybridized carbons (Fsp3) is 0.200. The first-order valence-electron chi connectivity index (χ1n) is 4.19. The second-order valence-corrected chi connectivity index (χ2v) is 2.67. The quantitative estimate of drug-likeness (QED) is 0.683. The van der Waals surface area contributed by atoms with Crippen LogP contribution in [0.4, 0.5) is 10.5 Å². The number of benzene rings is 1. The van der Waals surface area contributed by atoms with Crippen molar-refractivity contribution in [3.8, 4) is 0 Å². The van der Waals surface area contributed by atoms with E-state index in [1.165, 1.54) is 0 Å². The van der Waals surface area contributed by atoms with Crippen molar-refractivity contribution < 1.29 is 4.79 Å². The molecule has 0 saturated carbocycles. The summed E-state index contributed by atoms with van der Waals surface area (Å²) in [4.78, 5) is 14.2. The number of hydrogen-bond acceptors (Lipinski definition) is 1.